The highest BCUT2D eigenvalue weighted by atomic mass is 16.3. The molecule has 2 amide bonds. The van der Waals surface area contributed by atoms with Crippen LogP contribution in [0.25, 0.3) is 0 Å². The van der Waals surface area contributed by atoms with Gasteiger partial charge in [0.2, 0.25) is 0 Å². The summed E-state index contributed by atoms with van der Waals surface area (Å²) in [7, 11) is 1.66. The van der Waals surface area contributed by atoms with Gasteiger partial charge >= 0.3 is 6.03 Å². The molecule has 2 N–H and O–H groups in total. The maximum absolute atomic E-state index is 11.8. The standard InChI is InChI=1S/C15H24N4O2/c1-5-11-10-8-18(14(20)16-4)7-6-12(10)19(17-11)13-9(2)15(13,3)21/h9,13,21H,5-8H2,1-4H3,(H,16,20). The van der Waals surface area contributed by atoms with E-state index in [1.54, 1.807) is 7.05 Å². The molecule has 3 atom stereocenters. The maximum Gasteiger partial charge on any atom is 0.317 e. The SMILES string of the molecule is CCc1nn(C2C(C)C2(C)O)c2c1CN(C(=O)NC)CC2. The second-order valence-corrected chi connectivity index (χ2v) is 6.36. The number of urea groups is 1. The van der Waals surface area contributed by atoms with Crippen molar-refractivity contribution in [2.45, 2.75) is 51.8 Å². The Morgan fingerprint density at radius 1 is 1.57 bits per heavy atom. The Balaban J connectivity index is 1.94. The normalized spacial score (nSPS) is 31.0. The van der Waals surface area contributed by atoms with Crippen molar-refractivity contribution in [1.82, 2.24) is 20.0 Å². The number of aryl methyl sites for hydroxylation is 1. The van der Waals surface area contributed by atoms with Crippen molar-refractivity contribution in [1.29, 1.82) is 0 Å². The summed E-state index contributed by atoms with van der Waals surface area (Å²) < 4.78 is 2.03. The van der Waals surface area contributed by atoms with Crippen LogP contribution in [0.4, 0.5) is 4.79 Å². The Morgan fingerprint density at radius 2 is 2.24 bits per heavy atom. The summed E-state index contributed by atoms with van der Waals surface area (Å²) in [5.41, 5.74) is 2.75. The minimum atomic E-state index is -0.664. The van der Waals surface area contributed by atoms with E-state index in [1.807, 2.05) is 16.5 Å². The first-order chi connectivity index (χ1) is 9.91. The van der Waals surface area contributed by atoms with Crippen LogP contribution in [-0.4, -0.2) is 45.0 Å². The van der Waals surface area contributed by atoms with E-state index < -0.39 is 5.60 Å². The third kappa shape index (κ3) is 2.04. The van der Waals surface area contributed by atoms with E-state index in [1.165, 1.54) is 11.3 Å². The Morgan fingerprint density at radius 3 is 2.76 bits per heavy atom. The van der Waals surface area contributed by atoms with Gasteiger partial charge in [0.25, 0.3) is 0 Å². The van der Waals surface area contributed by atoms with Gasteiger partial charge in [-0.1, -0.05) is 13.8 Å². The first kappa shape index (κ1) is 14.4. The monoisotopic (exact) mass is 292 g/mol. The second kappa shape index (κ2) is 4.73. The summed E-state index contributed by atoms with van der Waals surface area (Å²) in [6.45, 7) is 7.33. The molecule has 0 aromatic carbocycles. The fourth-order valence-electron chi connectivity index (χ4n) is 3.50. The van der Waals surface area contributed by atoms with E-state index >= 15 is 0 Å². The zero-order valence-corrected chi connectivity index (χ0v) is 13.2. The van der Waals surface area contributed by atoms with E-state index in [0.29, 0.717) is 13.1 Å². The van der Waals surface area contributed by atoms with E-state index in [9.17, 15) is 9.90 Å². The molecule has 1 aliphatic heterocycles. The van der Waals surface area contributed by atoms with Gasteiger partial charge in [-0.3, -0.25) is 4.68 Å². The topological polar surface area (TPSA) is 70.4 Å². The number of aromatic nitrogens is 2. The van der Waals surface area contributed by atoms with Crippen LogP contribution >= 0.6 is 0 Å². The highest BCUT2D eigenvalue weighted by Gasteiger charge is 2.60. The van der Waals surface area contributed by atoms with Crippen LogP contribution in [0.15, 0.2) is 0 Å². The molecule has 0 bridgehead atoms. The molecule has 1 saturated carbocycles. The van der Waals surface area contributed by atoms with Crippen molar-refractivity contribution in [3.8, 4) is 0 Å². The van der Waals surface area contributed by atoms with Crippen LogP contribution in [-0.2, 0) is 19.4 Å². The summed E-state index contributed by atoms with van der Waals surface area (Å²) >= 11 is 0. The van der Waals surface area contributed by atoms with Gasteiger partial charge in [0, 0.05) is 37.2 Å². The first-order valence-electron chi connectivity index (χ1n) is 7.70. The molecule has 3 rings (SSSR count). The van der Waals surface area contributed by atoms with Gasteiger partial charge in [-0.2, -0.15) is 5.10 Å². The maximum atomic E-state index is 11.8. The molecular formula is C15H24N4O2. The average Bonchev–Trinajstić information content (AvgIpc) is 2.84. The Bertz CT molecular complexity index is 578. The van der Waals surface area contributed by atoms with Crippen LogP contribution in [0.5, 0.6) is 0 Å². The molecule has 1 aliphatic carbocycles. The summed E-state index contributed by atoms with van der Waals surface area (Å²) in [6, 6.07) is 0.0281. The molecule has 1 aromatic rings. The number of nitrogens with zero attached hydrogens (tertiary/aromatic N) is 3. The van der Waals surface area contributed by atoms with E-state index in [2.05, 4.69) is 19.2 Å². The van der Waals surface area contributed by atoms with Crippen LogP contribution < -0.4 is 5.32 Å². The highest BCUT2D eigenvalue weighted by molar-refractivity contribution is 5.74. The molecule has 0 radical (unpaired) electrons. The molecule has 1 fully saturated rings. The number of hydrogen-bond acceptors (Lipinski definition) is 3. The molecule has 0 spiro atoms. The summed E-state index contributed by atoms with van der Waals surface area (Å²) in [6.07, 6.45) is 1.65. The van der Waals surface area contributed by atoms with Crippen molar-refractivity contribution in [3.63, 3.8) is 0 Å². The third-order valence-electron chi connectivity index (χ3n) is 5.15. The first-order valence-corrected chi connectivity index (χ1v) is 7.70. The number of fused-ring (bicyclic) bond motifs is 1. The van der Waals surface area contributed by atoms with Crippen LogP contribution in [0.2, 0.25) is 0 Å². The number of nitrogens with one attached hydrogen (secondary N) is 1. The predicted octanol–water partition coefficient (Wildman–Crippen LogP) is 1.08. The lowest BCUT2D eigenvalue weighted by atomic mass is 10.0. The smallest absolute Gasteiger partial charge is 0.317 e. The summed E-state index contributed by atoms with van der Waals surface area (Å²) in [4.78, 5) is 13.7. The number of hydrogen-bond donors (Lipinski definition) is 2. The van der Waals surface area contributed by atoms with Gasteiger partial charge in [0.15, 0.2) is 0 Å². The zero-order chi connectivity index (χ0) is 15.4. The van der Waals surface area contributed by atoms with Gasteiger partial charge in [-0.25, -0.2) is 4.79 Å². The van der Waals surface area contributed by atoms with Gasteiger partial charge in [-0.05, 0) is 13.3 Å². The molecule has 1 aromatic heterocycles. The molecular weight excluding hydrogens is 268 g/mol. The van der Waals surface area contributed by atoms with Gasteiger partial charge in [0.1, 0.15) is 0 Å². The average molecular weight is 292 g/mol. The van der Waals surface area contributed by atoms with Gasteiger partial charge < -0.3 is 15.3 Å². The number of rotatable bonds is 2. The van der Waals surface area contributed by atoms with Crippen LogP contribution in [0, 0.1) is 5.92 Å². The highest BCUT2D eigenvalue weighted by Crippen LogP contribution is 2.54. The van der Waals surface area contributed by atoms with Crippen molar-refractivity contribution in [2.24, 2.45) is 5.92 Å². The van der Waals surface area contributed by atoms with Crippen LogP contribution in [0.1, 0.15) is 43.8 Å². The molecule has 6 heteroatoms. The minimum Gasteiger partial charge on any atom is -0.388 e. The molecule has 21 heavy (non-hydrogen) atoms. The molecule has 2 heterocycles. The molecule has 0 saturated heterocycles. The Kier molecular flexibility index (Phi) is 3.24. The Labute approximate surface area is 125 Å². The van der Waals surface area contributed by atoms with Gasteiger partial charge in [-0.15, -0.1) is 0 Å². The largest absolute Gasteiger partial charge is 0.388 e. The van der Waals surface area contributed by atoms with E-state index in [0.717, 1.165) is 18.5 Å². The molecule has 116 valence electrons. The second-order valence-electron chi connectivity index (χ2n) is 6.36. The quantitative estimate of drug-likeness (QED) is 0.857. The molecule has 6 nitrogen and oxygen atoms in total. The summed E-state index contributed by atoms with van der Waals surface area (Å²) in [5, 5.41) is 17.8. The Hall–Kier alpha value is -1.56. The number of carbonyl (C=O) groups is 1. The number of carbonyl (C=O) groups excluding carboxylic acids is 1. The number of amides is 2. The van der Waals surface area contributed by atoms with E-state index in [-0.39, 0.29) is 18.0 Å². The lowest BCUT2D eigenvalue weighted by Gasteiger charge is -2.27. The van der Waals surface area contributed by atoms with E-state index in [4.69, 9.17) is 5.10 Å². The third-order valence-corrected chi connectivity index (χ3v) is 5.15. The lowest BCUT2D eigenvalue weighted by Crippen LogP contribution is -2.41. The predicted molar refractivity (Wildman–Crippen MR) is 79.0 cm³/mol. The van der Waals surface area contributed by atoms with Crippen molar-refractivity contribution in [2.75, 3.05) is 13.6 Å². The van der Waals surface area contributed by atoms with Crippen LogP contribution in [0.3, 0.4) is 0 Å². The lowest BCUT2D eigenvalue weighted by molar-refractivity contribution is 0.139. The number of aliphatic hydroxyl groups is 1. The fraction of sp³-hybridized carbons (Fsp3) is 0.733. The van der Waals surface area contributed by atoms with Gasteiger partial charge in [0.05, 0.1) is 23.9 Å². The van der Waals surface area contributed by atoms with Crippen molar-refractivity contribution < 1.29 is 9.90 Å². The minimum absolute atomic E-state index is 0.0396. The summed E-state index contributed by atoms with van der Waals surface area (Å²) in [5.74, 6) is 0.225. The van der Waals surface area contributed by atoms with Crippen molar-refractivity contribution in [3.05, 3.63) is 17.0 Å². The zero-order valence-electron chi connectivity index (χ0n) is 13.2. The van der Waals surface area contributed by atoms with Crippen molar-refractivity contribution >= 4 is 6.03 Å². The molecule has 2 aliphatic rings. The molecule has 3 unspecified atom stereocenters. The fourth-order valence-corrected chi connectivity index (χ4v) is 3.50.